The van der Waals surface area contributed by atoms with Gasteiger partial charge in [0, 0.05) is 0 Å². The van der Waals surface area contributed by atoms with Crippen molar-refractivity contribution in [2.75, 3.05) is 11.8 Å². The second-order valence-electron chi connectivity index (χ2n) is 3.81. The summed E-state index contributed by atoms with van der Waals surface area (Å²) in [7, 11) is -2.99. The van der Waals surface area contributed by atoms with Gasteiger partial charge in [-0.25, -0.2) is 17.6 Å². The number of halogens is 2. The van der Waals surface area contributed by atoms with Gasteiger partial charge in [0.2, 0.25) is 0 Å². The van der Waals surface area contributed by atoms with E-state index in [1.807, 2.05) is 0 Å². The Kier molecular flexibility index (Phi) is 4.50. The van der Waals surface area contributed by atoms with Gasteiger partial charge in [-0.2, -0.15) is 0 Å². The summed E-state index contributed by atoms with van der Waals surface area (Å²) < 4.78 is 44.8. The number of thiophene rings is 1. The van der Waals surface area contributed by atoms with Crippen LogP contribution < -0.4 is 4.72 Å². The van der Waals surface area contributed by atoms with Gasteiger partial charge in [0.1, 0.15) is 9.77 Å². The molecule has 0 atom stereocenters. The highest BCUT2D eigenvalue weighted by Crippen LogP contribution is 2.28. The molecule has 0 aliphatic rings. The number of hydrogen-bond acceptors (Lipinski definition) is 5. The fourth-order valence-corrected chi connectivity index (χ4v) is 4.10. The lowest BCUT2D eigenvalue weighted by molar-refractivity contribution is 0.0602. The van der Waals surface area contributed by atoms with Crippen molar-refractivity contribution in [3.05, 3.63) is 45.4 Å². The van der Waals surface area contributed by atoms with Crippen LogP contribution in [0.2, 0.25) is 5.02 Å². The van der Waals surface area contributed by atoms with Crippen LogP contribution in [-0.2, 0) is 14.8 Å². The van der Waals surface area contributed by atoms with E-state index in [0.717, 1.165) is 18.4 Å². The van der Waals surface area contributed by atoms with Crippen molar-refractivity contribution >= 4 is 44.6 Å². The summed E-state index contributed by atoms with van der Waals surface area (Å²) >= 11 is 6.50. The Morgan fingerprint density at radius 3 is 2.76 bits per heavy atom. The number of nitrogens with one attached hydrogen (secondary N) is 1. The van der Waals surface area contributed by atoms with Crippen molar-refractivity contribution in [2.45, 2.75) is 4.90 Å². The Hall–Kier alpha value is -1.64. The highest BCUT2D eigenvalue weighted by atomic mass is 35.5. The third-order valence-electron chi connectivity index (χ3n) is 2.49. The van der Waals surface area contributed by atoms with Gasteiger partial charge < -0.3 is 4.74 Å². The minimum absolute atomic E-state index is 0.0903. The Morgan fingerprint density at radius 1 is 1.38 bits per heavy atom. The fraction of sp³-hybridized carbons (Fsp3) is 0.0833. The highest BCUT2D eigenvalue weighted by molar-refractivity contribution is 7.93. The van der Waals surface area contributed by atoms with E-state index in [4.69, 9.17) is 11.6 Å². The number of esters is 1. The van der Waals surface area contributed by atoms with Crippen molar-refractivity contribution in [1.29, 1.82) is 0 Å². The van der Waals surface area contributed by atoms with Gasteiger partial charge in [-0.3, -0.25) is 4.72 Å². The zero-order chi connectivity index (χ0) is 15.6. The Balaban J connectivity index is 2.42. The molecule has 0 spiro atoms. The lowest BCUT2D eigenvalue weighted by atomic mass is 10.3. The zero-order valence-electron chi connectivity index (χ0n) is 10.6. The van der Waals surface area contributed by atoms with Crippen molar-refractivity contribution in [3.8, 4) is 0 Å². The first kappa shape index (κ1) is 15.7. The molecule has 0 aliphatic carbocycles. The van der Waals surface area contributed by atoms with Gasteiger partial charge in [0.05, 0.1) is 17.8 Å². The minimum Gasteiger partial charge on any atom is -0.465 e. The molecular weight excluding hydrogens is 341 g/mol. The molecule has 0 radical (unpaired) electrons. The monoisotopic (exact) mass is 349 g/mol. The molecular formula is C12H9ClFNO4S2. The average Bonchev–Trinajstić information content (AvgIpc) is 2.93. The van der Waals surface area contributed by atoms with Crippen molar-refractivity contribution in [1.82, 2.24) is 0 Å². The SMILES string of the molecule is COC(=O)c1sccc1S(=O)(=O)Nc1cccc(Cl)c1F. The number of rotatable bonds is 4. The van der Waals surface area contributed by atoms with E-state index >= 15 is 0 Å². The van der Waals surface area contributed by atoms with Crippen LogP contribution >= 0.6 is 22.9 Å². The summed E-state index contributed by atoms with van der Waals surface area (Å²) in [5.74, 6) is -1.67. The third-order valence-corrected chi connectivity index (χ3v) is 5.21. The molecule has 0 saturated heterocycles. The van der Waals surface area contributed by atoms with Gasteiger partial charge in [-0.1, -0.05) is 17.7 Å². The standard InChI is InChI=1S/C12H9ClFNO4S2/c1-19-12(16)11-9(5-6-20-11)21(17,18)15-8-4-2-3-7(13)10(8)14/h2-6,15H,1H3. The highest BCUT2D eigenvalue weighted by Gasteiger charge is 2.25. The Labute approximate surface area is 129 Å². The Morgan fingerprint density at radius 2 is 2.10 bits per heavy atom. The van der Waals surface area contributed by atoms with E-state index < -0.39 is 21.8 Å². The molecule has 2 rings (SSSR count). The number of carbonyl (C=O) groups excluding carboxylic acids is 1. The molecule has 0 saturated carbocycles. The molecule has 1 N–H and O–H groups in total. The van der Waals surface area contributed by atoms with Crippen LogP contribution in [0.25, 0.3) is 0 Å². The molecule has 1 aromatic carbocycles. The lowest BCUT2D eigenvalue weighted by Gasteiger charge is -2.09. The summed E-state index contributed by atoms with van der Waals surface area (Å²) in [5.41, 5.74) is -0.301. The second kappa shape index (κ2) is 6.00. The number of hydrogen-bond donors (Lipinski definition) is 1. The second-order valence-corrected chi connectivity index (χ2v) is 6.79. The maximum atomic E-state index is 13.8. The maximum Gasteiger partial charge on any atom is 0.349 e. The van der Waals surface area contributed by atoms with E-state index in [9.17, 15) is 17.6 Å². The first-order chi connectivity index (χ1) is 9.86. The van der Waals surface area contributed by atoms with E-state index in [2.05, 4.69) is 9.46 Å². The first-order valence-corrected chi connectivity index (χ1v) is 8.23. The quantitative estimate of drug-likeness (QED) is 0.861. The van der Waals surface area contributed by atoms with Crippen LogP contribution in [0.4, 0.5) is 10.1 Å². The molecule has 2 aromatic rings. The summed E-state index contributed by atoms with van der Waals surface area (Å²) in [5, 5.41) is 1.21. The molecule has 9 heteroatoms. The van der Waals surface area contributed by atoms with Crippen molar-refractivity contribution in [2.24, 2.45) is 0 Å². The van der Waals surface area contributed by atoms with E-state index in [1.54, 1.807) is 0 Å². The predicted octanol–water partition coefficient (Wildman–Crippen LogP) is 3.13. The molecule has 21 heavy (non-hydrogen) atoms. The number of benzene rings is 1. The number of sulfonamides is 1. The minimum atomic E-state index is -4.13. The van der Waals surface area contributed by atoms with Crippen LogP contribution in [0.1, 0.15) is 9.67 Å². The van der Waals surface area contributed by atoms with Crippen LogP contribution in [-0.4, -0.2) is 21.5 Å². The summed E-state index contributed by atoms with van der Waals surface area (Å²) in [6, 6.07) is 5.15. The van der Waals surface area contributed by atoms with E-state index in [1.165, 1.54) is 29.6 Å². The number of ether oxygens (including phenoxy) is 1. The van der Waals surface area contributed by atoms with E-state index in [-0.39, 0.29) is 20.5 Å². The van der Waals surface area contributed by atoms with Gasteiger partial charge in [0.15, 0.2) is 5.82 Å². The number of methoxy groups -OCH3 is 1. The summed E-state index contributed by atoms with van der Waals surface area (Å²) in [6.45, 7) is 0. The molecule has 112 valence electrons. The average molecular weight is 350 g/mol. The van der Waals surface area contributed by atoms with Crippen LogP contribution in [0, 0.1) is 5.82 Å². The molecule has 0 fully saturated rings. The number of carbonyl (C=O) groups is 1. The van der Waals surface area contributed by atoms with Crippen LogP contribution in [0.5, 0.6) is 0 Å². The summed E-state index contributed by atoms with van der Waals surface area (Å²) in [4.78, 5) is 11.1. The van der Waals surface area contributed by atoms with Gasteiger partial charge >= 0.3 is 5.97 Å². The molecule has 1 heterocycles. The van der Waals surface area contributed by atoms with Crippen LogP contribution in [0.15, 0.2) is 34.5 Å². The van der Waals surface area contributed by atoms with Crippen molar-refractivity contribution in [3.63, 3.8) is 0 Å². The smallest absolute Gasteiger partial charge is 0.349 e. The normalized spacial score (nSPS) is 11.2. The maximum absolute atomic E-state index is 13.8. The zero-order valence-corrected chi connectivity index (χ0v) is 13.0. The van der Waals surface area contributed by atoms with Gasteiger partial charge in [-0.05, 0) is 23.6 Å². The van der Waals surface area contributed by atoms with E-state index in [0.29, 0.717) is 0 Å². The molecule has 0 amide bonds. The van der Waals surface area contributed by atoms with Gasteiger partial charge in [-0.15, -0.1) is 11.3 Å². The van der Waals surface area contributed by atoms with Crippen molar-refractivity contribution < 1.29 is 22.3 Å². The Bertz CT molecular complexity index is 788. The fourth-order valence-electron chi connectivity index (χ4n) is 1.53. The number of anilines is 1. The molecule has 0 bridgehead atoms. The lowest BCUT2D eigenvalue weighted by Crippen LogP contribution is -2.16. The molecule has 0 aliphatic heterocycles. The predicted molar refractivity (Wildman–Crippen MR) is 77.9 cm³/mol. The molecule has 0 unspecified atom stereocenters. The first-order valence-electron chi connectivity index (χ1n) is 5.49. The van der Waals surface area contributed by atoms with Gasteiger partial charge in [0.25, 0.3) is 10.0 Å². The molecule has 1 aromatic heterocycles. The summed E-state index contributed by atoms with van der Waals surface area (Å²) in [6.07, 6.45) is 0. The molecule has 5 nitrogen and oxygen atoms in total. The largest absolute Gasteiger partial charge is 0.465 e. The topological polar surface area (TPSA) is 72.5 Å². The third kappa shape index (κ3) is 3.17. The van der Waals surface area contributed by atoms with Crippen LogP contribution in [0.3, 0.4) is 0 Å².